The number of aliphatic carboxylic acids is 1. The molecule has 0 spiro atoms. The molecular weight excluding hydrogens is 440 g/mol. The number of carboxylic acid groups (broad SMARTS) is 1. The molecule has 0 saturated heterocycles. The Morgan fingerprint density at radius 3 is 2.53 bits per heavy atom. The summed E-state index contributed by atoms with van der Waals surface area (Å²) in [5.41, 5.74) is -2.35. The van der Waals surface area contributed by atoms with Crippen LogP contribution in [0.1, 0.15) is 37.1 Å². The van der Waals surface area contributed by atoms with Crippen LogP contribution < -0.4 is 4.74 Å². The normalized spacial score (nSPS) is 19.2. The molecule has 0 amide bonds. The minimum atomic E-state index is -1.59. The molecule has 4 rings (SSSR count). The first kappa shape index (κ1) is 22.2. The van der Waals surface area contributed by atoms with Gasteiger partial charge in [0, 0.05) is 17.2 Å². The van der Waals surface area contributed by atoms with E-state index in [0.717, 1.165) is 6.07 Å². The van der Waals surface area contributed by atoms with Crippen molar-refractivity contribution >= 4 is 17.6 Å². The number of aromatic nitrogens is 1. The first-order valence-corrected chi connectivity index (χ1v) is 10.3. The van der Waals surface area contributed by atoms with E-state index in [-0.39, 0.29) is 46.3 Å². The number of ether oxygens (including phenoxy) is 1. The zero-order valence-corrected chi connectivity index (χ0v) is 18.1. The van der Waals surface area contributed by atoms with E-state index in [9.17, 15) is 23.8 Å². The number of benzene rings is 2. The third kappa shape index (κ3) is 3.32. The van der Waals surface area contributed by atoms with E-state index in [1.54, 1.807) is 37.3 Å². The van der Waals surface area contributed by atoms with Crippen molar-refractivity contribution in [3.05, 3.63) is 82.0 Å². The Bertz CT molecular complexity index is 1220. The smallest absolute Gasteiger partial charge is 0.317 e. The fraction of sp³-hybridized carbons (Fsp3) is 0.250. The highest BCUT2D eigenvalue weighted by atomic mass is 35.5. The van der Waals surface area contributed by atoms with Gasteiger partial charge in [0.05, 0.1) is 10.7 Å². The summed E-state index contributed by atoms with van der Waals surface area (Å²) in [6.45, 7) is 3.03. The van der Waals surface area contributed by atoms with Crippen molar-refractivity contribution in [2.75, 3.05) is 6.61 Å². The van der Waals surface area contributed by atoms with Crippen molar-refractivity contribution in [3.63, 3.8) is 0 Å². The highest BCUT2D eigenvalue weighted by molar-refractivity contribution is 6.31. The second-order valence-corrected chi connectivity index (χ2v) is 8.39. The molecule has 0 bridgehead atoms. The first-order chi connectivity index (χ1) is 15.1. The van der Waals surface area contributed by atoms with Crippen LogP contribution in [0.15, 0.2) is 48.5 Å². The van der Waals surface area contributed by atoms with E-state index < -0.39 is 28.6 Å². The molecule has 3 aromatic rings. The standard InChI is InChI=1S/C24H20ClF2NO4/c1-3-24(31,13-7-5-4-6-8-13)19-10-15-21(32-12-23(15,2)22(29)30)20(28-19)14-9-16(25)18(27)11-17(14)26/h4-11,31H,3,12H2,1-2H3,(H,29,30)/t23-,24+/m0/s1. The number of fused-ring (bicyclic) bond motifs is 1. The number of hydrogen-bond acceptors (Lipinski definition) is 4. The van der Waals surface area contributed by atoms with Gasteiger partial charge in [0.2, 0.25) is 0 Å². The van der Waals surface area contributed by atoms with Crippen LogP contribution in [0, 0.1) is 11.6 Å². The van der Waals surface area contributed by atoms with Gasteiger partial charge in [-0.1, -0.05) is 48.9 Å². The van der Waals surface area contributed by atoms with Crippen LogP contribution in [0.4, 0.5) is 8.78 Å². The lowest BCUT2D eigenvalue weighted by atomic mass is 9.80. The summed E-state index contributed by atoms with van der Waals surface area (Å²) in [6, 6.07) is 12.0. The number of aliphatic hydroxyl groups is 1. The Kier molecular flexibility index (Phi) is 5.43. The molecule has 0 unspecified atom stereocenters. The molecule has 2 N–H and O–H groups in total. The zero-order chi connectivity index (χ0) is 23.3. The second-order valence-electron chi connectivity index (χ2n) is 7.98. The molecule has 1 aromatic heterocycles. The molecule has 0 aliphatic carbocycles. The van der Waals surface area contributed by atoms with Gasteiger partial charge >= 0.3 is 5.97 Å². The SMILES string of the molecule is CC[C@@](O)(c1ccccc1)c1cc2c(c(-c3cc(Cl)c(F)cc3F)n1)OC[C@]2(C)C(=O)O. The van der Waals surface area contributed by atoms with Gasteiger partial charge in [-0.15, -0.1) is 0 Å². The number of nitrogens with zero attached hydrogens (tertiary/aromatic N) is 1. The van der Waals surface area contributed by atoms with Crippen molar-refractivity contribution < 1.29 is 28.5 Å². The highest BCUT2D eigenvalue weighted by Crippen LogP contribution is 2.47. The molecular formula is C24H20ClF2NO4. The molecule has 2 heterocycles. The summed E-state index contributed by atoms with van der Waals surface area (Å²) >= 11 is 5.89. The van der Waals surface area contributed by atoms with E-state index in [1.165, 1.54) is 13.0 Å². The fourth-order valence-electron chi connectivity index (χ4n) is 3.91. The Balaban J connectivity index is 2.05. The summed E-state index contributed by atoms with van der Waals surface area (Å²) in [7, 11) is 0. The van der Waals surface area contributed by atoms with Crippen molar-refractivity contribution in [1.82, 2.24) is 4.98 Å². The number of pyridine rings is 1. The van der Waals surface area contributed by atoms with Crippen LogP contribution in [0.25, 0.3) is 11.3 Å². The van der Waals surface area contributed by atoms with Gasteiger partial charge in [0.25, 0.3) is 0 Å². The van der Waals surface area contributed by atoms with Crippen LogP contribution in [0.3, 0.4) is 0 Å². The van der Waals surface area contributed by atoms with Gasteiger partial charge in [-0.3, -0.25) is 4.79 Å². The third-order valence-electron chi connectivity index (χ3n) is 6.00. The molecule has 0 radical (unpaired) electrons. The molecule has 0 fully saturated rings. The molecule has 1 aliphatic heterocycles. The molecule has 5 nitrogen and oxygen atoms in total. The Morgan fingerprint density at radius 1 is 1.22 bits per heavy atom. The first-order valence-electron chi connectivity index (χ1n) is 9.97. The molecule has 8 heteroatoms. The summed E-state index contributed by atoms with van der Waals surface area (Å²) in [5, 5.41) is 21.2. The Labute approximate surface area is 188 Å². The lowest BCUT2D eigenvalue weighted by Crippen LogP contribution is -2.34. The lowest BCUT2D eigenvalue weighted by Gasteiger charge is -2.29. The van der Waals surface area contributed by atoms with Crippen LogP contribution in [-0.2, 0) is 15.8 Å². The maximum atomic E-state index is 14.8. The van der Waals surface area contributed by atoms with Gasteiger partial charge < -0.3 is 14.9 Å². The minimum absolute atomic E-state index is 0.0512. The van der Waals surface area contributed by atoms with Crippen LogP contribution >= 0.6 is 11.6 Å². The molecule has 0 saturated carbocycles. The monoisotopic (exact) mass is 459 g/mol. The average Bonchev–Trinajstić information content (AvgIpc) is 3.14. The molecule has 2 atom stereocenters. The van der Waals surface area contributed by atoms with Crippen LogP contribution in [0.2, 0.25) is 5.02 Å². The number of halogens is 3. The fourth-order valence-corrected chi connectivity index (χ4v) is 4.07. The number of carbonyl (C=O) groups is 1. The average molecular weight is 460 g/mol. The van der Waals surface area contributed by atoms with Gasteiger partial charge in [-0.05, 0) is 31.0 Å². The maximum absolute atomic E-state index is 14.8. The quantitative estimate of drug-likeness (QED) is 0.521. The topological polar surface area (TPSA) is 79.7 Å². The lowest BCUT2D eigenvalue weighted by molar-refractivity contribution is -0.143. The van der Waals surface area contributed by atoms with E-state index in [4.69, 9.17) is 16.3 Å². The van der Waals surface area contributed by atoms with Gasteiger partial charge in [-0.25, -0.2) is 13.8 Å². The van der Waals surface area contributed by atoms with Crippen molar-refractivity contribution in [1.29, 1.82) is 0 Å². The van der Waals surface area contributed by atoms with E-state index >= 15 is 0 Å². The molecule has 2 aromatic carbocycles. The van der Waals surface area contributed by atoms with E-state index in [0.29, 0.717) is 11.6 Å². The van der Waals surface area contributed by atoms with Gasteiger partial charge in [0.1, 0.15) is 40.7 Å². The molecule has 1 aliphatic rings. The predicted molar refractivity (Wildman–Crippen MR) is 115 cm³/mol. The van der Waals surface area contributed by atoms with Crippen molar-refractivity contribution in [2.45, 2.75) is 31.3 Å². The summed E-state index contributed by atoms with van der Waals surface area (Å²) in [6.07, 6.45) is 0.208. The van der Waals surface area contributed by atoms with Crippen molar-refractivity contribution in [2.24, 2.45) is 0 Å². The second kappa shape index (κ2) is 7.83. The van der Waals surface area contributed by atoms with Gasteiger partial charge in [0.15, 0.2) is 0 Å². The summed E-state index contributed by atoms with van der Waals surface area (Å²) < 4.78 is 34.2. The summed E-state index contributed by atoms with van der Waals surface area (Å²) in [4.78, 5) is 16.6. The largest absolute Gasteiger partial charge is 0.489 e. The van der Waals surface area contributed by atoms with Crippen molar-refractivity contribution in [3.8, 4) is 17.0 Å². The Hall–Kier alpha value is -3.03. The molecule has 32 heavy (non-hydrogen) atoms. The maximum Gasteiger partial charge on any atom is 0.317 e. The van der Waals surface area contributed by atoms with E-state index in [1.807, 2.05) is 0 Å². The Morgan fingerprint density at radius 2 is 1.91 bits per heavy atom. The third-order valence-corrected chi connectivity index (χ3v) is 6.29. The minimum Gasteiger partial charge on any atom is -0.489 e. The molecule has 166 valence electrons. The van der Waals surface area contributed by atoms with Gasteiger partial charge in [-0.2, -0.15) is 0 Å². The van der Waals surface area contributed by atoms with Crippen LogP contribution in [0.5, 0.6) is 5.75 Å². The van der Waals surface area contributed by atoms with E-state index in [2.05, 4.69) is 4.98 Å². The highest BCUT2D eigenvalue weighted by Gasteiger charge is 2.47. The number of hydrogen-bond donors (Lipinski definition) is 2. The summed E-state index contributed by atoms with van der Waals surface area (Å²) in [5.74, 6) is -2.96. The zero-order valence-electron chi connectivity index (χ0n) is 17.3. The number of rotatable bonds is 5. The number of carboxylic acids is 1. The van der Waals surface area contributed by atoms with Crippen LogP contribution in [-0.4, -0.2) is 27.8 Å². The predicted octanol–water partition coefficient (Wildman–Crippen LogP) is 5.06.